The summed E-state index contributed by atoms with van der Waals surface area (Å²) in [6.07, 6.45) is 0. The molecule has 0 aliphatic carbocycles. The van der Waals surface area contributed by atoms with E-state index in [1.165, 1.54) is 5.69 Å². The molecular weight excluding hydrogens is 240 g/mol. The third-order valence-electron chi connectivity index (χ3n) is 2.40. The van der Waals surface area contributed by atoms with Crippen LogP contribution in [0.4, 0.5) is 5.69 Å². The molecule has 1 rings (SSSR count). The van der Waals surface area contributed by atoms with Crippen molar-refractivity contribution in [1.82, 2.24) is 0 Å². The third kappa shape index (κ3) is 2.49. The molecule has 1 aromatic rings. The molecule has 0 fully saturated rings. The molecule has 0 aliphatic rings. The molecule has 0 atom stereocenters. The van der Waals surface area contributed by atoms with Crippen LogP contribution < -0.4 is 10.6 Å². The van der Waals surface area contributed by atoms with Crippen molar-refractivity contribution in [2.75, 3.05) is 11.9 Å². The van der Waals surface area contributed by atoms with Gasteiger partial charge in [-0.2, -0.15) is 0 Å². The van der Waals surface area contributed by atoms with E-state index < -0.39 is 0 Å². The lowest BCUT2D eigenvalue weighted by Crippen LogP contribution is -2.25. The minimum atomic E-state index is 0.495. The largest absolute Gasteiger partial charge is 0.371 e. The number of anilines is 1. The molecule has 0 saturated heterocycles. The number of hydrogen-bond acceptors (Lipinski definition) is 2. The molecule has 0 amide bonds. The molecule has 3 heteroatoms. The van der Waals surface area contributed by atoms with Gasteiger partial charge in [-0.1, -0.05) is 6.07 Å². The highest BCUT2D eigenvalue weighted by atomic mass is 79.9. The molecule has 0 aliphatic heterocycles. The second-order valence-corrected chi connectivity index (χ2v) is 4.55. The van der Waals surface area contributed by atoms with E-state index in [0.717, 1.165) is 10.0 Å². The van der Waals surface area contributed by atoms with Crippen LogP contribution in [0, 0.1) is 0 Å². The second-order valence-electron chi connectivity index (χ2n) is 3.69. The molecule has 0 unspecified atom stereocenters. The van der Waals surface area contributed by atoms with Crippen LogP contribution in [0.15, 0.2) is 22.7 Å². The van der Waals surface area contributed by atoms with Gasteiger partial charge in [0.2, 0.25) is 0 Å². The molecule has 78 valence electrons. The lowest BCUT2D eigenvalue weighted by molar-refractivity contribution is 0.753. The van der Waals surface area contributed by atoms with Gasteiger partial charge >= 0.3 is 0 Å². The van der Waals surface area contributed by atoms with Gasteiger partial charge in [-0.3, -0.25) is 0 Å². The first-order valence-electron chi connectivity index (χ1n) is 4.77. The quantitative estimate of drug-likeness (QED) is 0.902. The molecule has 0 heterocycles. The van der Waals surface area contributed by atoms with Crippen molar-refractivity contribution in [3.8, 4) is 0 Å². The Morgan fingerprint density at radius 1 is 1.43 bits per heavy atom. The number of rotatable bonds is 3. The molecule has 14 heavy (non-hydrogen) atoms. The number of nitrogens with zero attached hydrogens (tertiary/aromatic N) is 1. The Morgan fingerprint density at radius 2 is 2.07 bits per heavy atom. The van der Waals surface area contributed by atoms with Crippen LogP contribution in [0.5, 0.6) is 0 Å². The van der Waals surface area contributed by atoms with Crippen LogP contribution in [0.1, 0.15) is 19.4 Å². The monoisotopic (exact) mass is 256 g/mol. The van der Waals surface area contributed by atoms with Crippen LogP contribution in [0.2, 0.25) is 0 Å². The summed E-state index contributed by atoms with van der Waals surface area (Å²) in [6.45, 7) is 4.93. The second kappa shape index (κ2) is 4.80. The van der Waals surface area contributed by atoms with Crippen molar-refractivity contribution in [2.45, 2.75) is 26.4 Å². The fourth-order valence-corrected chi connectivity index (χ4v) is 1.95. The maximum atomic E-state index is 5.57. The van der Waals surface area contributed by atoms with Crippen molar-refractivity contribution in [2.24, 2.45) is 5.73 Å². The molecule has 0 spiro atoms. The van der Waals surface area contributed by atoms with E-state index >= 15 is 0 Å². The van der Waals surface area contributed by atoms with E-state index in [0.29, 0.717) is 12.6 Å². The van der Waals surface area contributed by atoms with E-state index in [1.54, 1.807) is 0 Å². The Labute approximate surface area is 94.2 Å². The van der Waals surface area contributed by atoms with Crippen LogP contribution >= 0.6 is 15.9 Å². The van der Waals surface area contributed by atoms with Crippen molar-refractivity contribution >= 4 is 21.6 Å². The standard InChI is InChI=1S/C11H17BrN2/c1-8(2)14(3)11-5-4-9(7-13)6-10(11)12/h4-6,8H,7,13H2,1-3H3. The van der Waals surface area contributed by atoms with Crippen molar-refractivity contribution in [1.29, 1.82) is 0 Å². The summed E-state index contributed by atoms with van der Waals surface area (Å²) in [6, 6.07) is 6.74. The first-order chi connectivity index (χ1) is 6.56. The van der Waals surface area contributed by atoms with Crippen molar-refractivity contribution < 1.29 is 0 Å². The SMILES string of the molecule is CC(C)N(C)c1ccc(CN)cc1Br. The van der Waals surface area contributed by atoms with Gasteiger partial charge in [-0.05, 0) is 47.5 Å². The number of halogens is 1. The Hall–Kier alpha value is -0.540. The Balaban J connectivity index is 2.99. The minimum absolute atomic E-state index is 0.495. The fraction of sp³-hybridized carbons (Fsp3) is 0.455. The van der Waals surface area contributed by atoms with E-state index in [2.05, 4.69) is 59.9 Å². The van der Waals surface area contributed by atoms with E-state index in [9.17, 15) is 0 Å². The maximum absolute atomic E-state index is 5.57. The molecule has 0 saturated carbocycles. The van der Waals surface area contributed by atoms with E-state index in [1.807, 2.05) is 0 Å². The van der Waals surface area contributed by atoms with Gasteiger partial charge < -0.3 is 10.6 Å². The molecular formula is C11H17BrN2. The molecule has 0 bridgehead atoms. The average Bonchev–Trinajstić information content (AvgIpc) is 2.16. The zero-order chi connectivity index (χ0) is 10.7. The number of nitrogens with two attached hydrogens (primary N) is 1. The summed E-state index contributed by atoms with van der Waals surface area (Å²) >= 11 is 3.56. The summed E-state index contributed by atoms with van der Waals surface area (Å²) in [5.41, 5.74) is 7.93. The maximum Gasteiger partial charge on any atom is 0.0510 e. The lowest BCUT2D eigenvalue weighted by Gasteiger charge is -2.25. The number of benzene rings is 1. The summed E-state index contributed by atoms with van der Waals surface area (Å²) in [4.78, 5) is 2.23. The van der Waals surface area contributed by atoms with Crippen LogP contribution in [0.3, 0.4) is 0 Å². The van der Waals surface area contributed by atoms with Crippen LogP contribution in [0.25, 0.3) is 0 Å². The first kappa shape index (κ1) is 11.5. The summed E-state index contributed by atoms with van der Waals surface area (Å²) in [7, 11) is 2.09. The number of hydrogen-bond donors (Lipinski definition) is 1. The van der Waals surface area contributed by atoms with Gasteiger partial charge in [0.25, 0.3) is 0 Å². The topological polar surface area (TPSA) is 29.3 Å². The van der Waals surface area contributed by atoms with Gasteiger partial charge in [0.15, 0.2) is 0 Å². The zero-order valence-corrected chi connectivity index (χ0v) is 10.5. The fourth-order valence-electron chi connectivity index (χ4n) is 1.24. The highest BCUT2D eigenvalue weighted by Crippen LogP contribution is 2.27. The summed E-state index contributed by atoms with van der Waals surface area (Å²) < 4.78 is 1.11. The average molecular weight is 257 g/mol. The van der Waals surface area contributed by atoms with Gasteiger partial charge in [0.1, 0.15) is 0 Å². The van der Waals surface area contributed by atoms with Crippen LogP contribution in [-0.4, -0.2) is 13.1 Å². The molecule has 1 aromatic carbocycles. The van der Waals surface area contributed by atoms with E-state index in [-0.39, 0.29) is 0 Å². The van der Waals surface area contributed by atoms with Crippen LogP contribution in [-0.2, 0) is 6.54 Å². The highest BCUT2D eigenvalue weighted by molar-refractivity contribution is 9.10. The van der Waals surface area contributed by atoms with Gasteiger partial charge in [-0.15, -0.1) is 0 Å². The Kier molecular flexibility index (Phi) is 3.96. The van der Waals surface area contributed by atoms with Gasteiger partial charge in [-0.25, -0.2) is 0 Å². The van der Waals surface area contributed by atoms with Crippen molar-refractivity contribution in [3.63, 3.8) is 0 Å². The smallest absolute Gasteiger partial charge is 0.0510 e. The van der Waals surface area contributed by atoms with Gasteiger partial charge in [0, 0.05) is 24.1 Å². The molecule has 0 radical (unpaired) electrons. The predicted octanol–water partition coefficient (Wildman–Crippen LogP) is 2.75. The Bertz CT molecular complexity index is 310. The first-order valence-corrected chi connectivity index (χ1v) is 5.57. The van der Waals surface area contributed by atoms with Gasteiger partial charge in [0.05, 0.1) is 5.69 Å². The predicted molar refractivity (Wildman–Crippen MR) is 65.6 cm³/mol. The summed E-state index contributed by atoms with van der Waals surface area (Å²) in [5, 5.41) is 0. The zero-order valence-electron chi connectivity index (χ0n) is 8.92. The summed E-state index contributed by atoms with van der Waals surface area (Å²) in [5.74, 6) is 0. The molecule has 0 aromatic heterocycles. The Morgan fingerprint density at radius 3 is 2.50 bits per heavy atom. The normalized spacial score (nSPS) is 10.7. The minimum Gasteiger partial charge on any atom is -0.371 e. The highest BCUT2D eigenvalue weighted by Gasteiger charge is 2.08. The molecule has 2 N–H and O–H groups in total. The van der Waals surface area contributed by atoms with Crippen molar-refractivity contribution in [3.05, 3.63) is 28.2 Å². The molecule has 2 nitrogen and oxygen atoms in total. The lowest BCUT2D eigenvalue weighted by atomic mass is 10.2. The third-order valence-corrected chi connectivity index (χ3v) is 3.04. The van der Waals surface area contributed by atoms with E-state index in [4.69, 9.17) is 5.73 Å².